The Morgan fingerprint density at radius 3 is 2.54 bits per heavy atom. The van der Waals surface area contributed by atoms with E-state index in [0.717, 1.165) is 30.0 Å². The molecule has 0 fully saturated rings. The van der Waals surface area contributed by atoms with Crippen LogP contribution >= 0.6 is 11.5 Å². The van der Waals surface area contributed by atoms with Gasteiger partial charge in [-0.1, -0.05) is 30.3 Å². The molecule has 2 aromatic heterocycles. The van der Waals surface area contributed by atoms with Crippen molar-refractivity contribution >= 4 is 17.4 Å². The Balaban J connectivity index is 0.000000192. The minimum Gasteiger partial charge on any atom is -0.491 e. The van der Waals surface area contributed by atoms with Gasteiger partial charge in [0, 0.05) is 18.8 Å². The highest BCUT2D eigenvalue weighted by molar-refractivity contribution is 7.08. The van der Waals surface area contributed by atoms with Crippen LogP contribution in [-0.4, -0.2) is 21.9 Å². The standard InChI is InChI=1S/C12H11N3O2S.C7H5F3/c16-12(10-3-6-14-18-10)15-8-4-7-17-9-2-1-5-13-11(8)9;8-7(9,10)6-4-2-1-3-5-6/h1-3,5-6,8H,4,7H2,(H,15,16);1-5H. The maximum absolute atomic E-state index is 12.0. The number of benzene rings is 1. The van der Waals surface area contributed by atoms with Crippen molar-refractivity contribution in [1.29, 1.82) is 0 Å². The van der Waals surface area contributed by atoms with E-state index in [4.69, 9.17) is 4.74 Å². The van der Waals surface area contributed by atoms with E-state index in [1.807, 2.05) is 12.1 Å². The van der Waals surface area contributed by atoms with Crippen molar-refractivity contribution in [3.05, 3.63) is 77.1 Å². The lowest BCUT2D eigenvalue weighted by atomic mass is 10.1. The number of ether oxygens (including phenoxy) is 1. The lowest BCUT2D eigenvalue weighted by molar-refractivity contribution is -0.137. The van der Waals surface area contributed by atoms with Gasteiger partial charge in [0.2, 0.25) is 0 Å². The van der Waals surface area contributed by atoms with Gasteiger partial charge >= 0.3 is 6.18 Å². The van der Waals surface area contributed by atoms with Crippen LogP contribution in [0.3, 0.4) is 0 Å². The molecule has 0 aliphatic carbocycles. The van der Waals surface area contributed by atoms with Crippen molar-refractivity contribution < 1.29 is 22.7 Å². The van der Waals surface area contributed by atoms with E-state index in [9.17, 15) is 18.0 Å². The Labute approximate surface area is 163 Å². The molecule has 146 valence electrons. The van der Waals surface area contributed by atoms with Crippen molar-refractivity contribution in [3.63, 3.8) is 0 Å². The number of carbonyl (C=O) groups excluding carboxylic acids is 1. The molecule has 3 heterocycles. The highest BCUT2D eigenvalue weighted by Gasteiger charge is 2.29. The van der Waals surface area contributed by atoms with E-state index in [1.54, 1.807) is 24.5 Å². The first-order chi connectivity index (χ1) is 13.4. The molecule has 1 unspecified atom stereocenters. The predicted octanol–water partition coefficient (Wildman–Crippen LogP) is 4.50. The summed E-state index contributed by atoms with van der Waals surface area (Å²) in [5, 5.41) is 2.97. The van der Waals surface area contributed by atoms with Gasteiger partial charge in [-0.25, -0.2) is 4.37 Å². The van der Waals surface area contributed by atoms with Crippen molar-refractivity contribution in [2.24, 2.45) is 0 Å². The van der Waals surface area contributed by atoms with E-state index in [-0.39, 0.29) is 11.9 Å². The molecule has 3 aromatic rings. The third-order valence-electron chi connectivity index (χ3n) is 3.86. The lowest BCUT2D eigenvalue weighted by Gasteiger charge is -2.25. The predicted molar refractivity (Wildman–Crippen MR) is 98.1 cm³/mol. The van der Waals surface area contributed by atoms with E-state index in [1.165, 1.54) is 23.7 Å². The Kier molecular flexibility index (Phi) is 6.25. The summed E-state index contributed by atoms with van der Waals surface area (Å²) < 4.78 is 44.8. The maximum Gasteiger partial charge on any atom is 0.416 e. The summed E-state index contributed by atoms with van der Waals surface area (Å²) in [4.78, 5) is 16.9. The van der Waals surface area contributed by atoms with Gasteiger partial charge in [-0.3, -0.25) is 9.78 Å². The molecule has 0 radical (unpaired) electrons. The second-order valence-corrected chi connectivity index (χ2v) is 6.62. The summed E-state index contributed by atoms with van der Waals surface area (Å²) in [5.74, 6) is 0.638. The molecule has 28 heavy (non-hydrogen) atoms. The zero-order valence-corrected chi connectivity index (χ0v) is 15.3. The number of hydrogen-bond donors (Lipinski definition) is 1. The normalized spacial score (nSPS) is 15.5. The van der Waals surface area contributed by atoms with Crippen LogP contribution in [0.15, 0.2) is 60.9 Å². The zero-order chi connectivity index (χ0) is 20.0. The fourth-order valence-electron chi connectivity index (χ4n) is 2.54. The Bertz CT molecular complexity index is 902. The molecule has 5 nitrogen and oxygen atoms in total. The lowest BCUT2D eigenvalue weighted by Crippen LogP contribution is -2.32. The van der Waals surface area contributed by atoms with Crippen molar-refractivity contribution in [1.82, 2.24) is 14.7 Å². The number of carbonyl (C=O) groups is 1. The van der Waals surface area contributed by atoms with E-state index >= 15 is 0 Å². The quantitative estimate of drug-likeness (QED) is 0.680. The molecule has 4 rings (SSSR count). The van der Waals surface area contributed by atoms with E-state index in [0.29, 0.717) is 11.5 Å². The Hall–Kier alpha value is -2.94. The van der Waals surface area contributed by atoms with Gasteiger partial charge in [0.05, 0.1) is 18.2 Å². The van der Waals surface area contributed by atoms with Gasteiger partial charge in [-0.2, -0.15) is 13.2 Å². The van der Waals surface area contributed by atoms with Gasteiger partial charge in [-0.05, 0) is 29.7 Å². The summed E-state index contributed by atoms with van der Waals surface area (Å²) in [6.07, 6.45) is -0.148. The van der Waals surface area contributed by atoms with Crippen LogP contribution in [0, 0.1) is 0 Å². The number of pyridine rings is 1. The smallest absolute Gasteiger partial charge is 0.416 e. The van der Waals surface area contributed by atoms with Gasteiger partial charge in [0.25, 0.3) is 5.91 Å². The van der Waals surface area contributed by atoms with Crippen LogP contribution in [0.1, 0.15) is 33.4 Å². The molecular formula is C19H16F3N3O2S. The third kappa shape index (κ3) is 5.07. The number of fused-ring (bicyclic) bond motifs is 1. The summed E-state index contributed by atoms with van der Waals surface area (Å²) >= 11 is 1.19. The van der Waals surface area contributed by atoms with Crippen molar-refractivity contribution in [2.75, 3.05) is 6.61 Å². The summed E-state index contributed by atoms with van der Waals surface area (Å²) in [5.41, 5.74) is 0.191. The largest absolute Gasteiger partial charge is 0.491 e. The number of hydrogen-bond acceptors (Lipinski definition) is 5. The molecule has 1 N–H and O–H groups in total. The van der Waals surface area contributed by atoms with Crippen LogP contribution in [0.5, 0.6) is 5.75 Å². The van der Waals surface area contributed by atoms with Crippen molar-refractivity contribution in [2.45, 2.75) is 18.6 Å². The number of nitrogens with one attached hydrogen (secondary N) is 1. The maximum atomic E-state index is 12.0. The number of nitrogens with zero attached hydrogens (tertiary/aromatic N) is 2. The Morgan fingerprint density at radius 1 is 1.11 bits per heavy atom. The minimum absolute atomic E-state index is 0.0930. The molecule has 0 spiro atoms. The number of aromatic nitrogens is 2. The zero-order valence-electron chi connectivity index (χ0n) is 14.5. The van der Waals surface area contributed by atoms with Gasteiger partial charge in [0.1, 0.15) is 16.3 Å². The van der Waals surface area contributed by atoms with Crippen LogP contribution in [0.4, 0.5) is 13.2 Å². The van der Waals surface area contributed by atoms with E-state index in [2.05, 4.69) is 14.7 Å². The topological polar surface area (TPSA) is 64.1 Å². The second-order valence-electron chi connectivity index (χ2n) is 5.79. The molecule has 1 atom stereocenters. The number of alkyl halides is 3. The SMILES string of the molecule is FC(F)(F)c1ccccc1.O=C(NC1CCOc2cccnc21)c1ccns1. The molecule has 0 saturated heterocycles. The summed E-state index contributed by atoms with van der Waals surface area (Å²) in [6, 6.07) is 11.7. The van der Waals surface area contributed by atoms with Crippen LogP contribution in [-0.2, 0) is 6.18 Å². The monoisotopic (exact) mass is 407 g/mol. The summed E-state index contributed by atoms with van der Waals surface area (Å²) in [7, 11) is 0. The fraction of sp³-hybridized carbons (Fsp3) is 0.211. The average molecular weight is 407 g/mol. The number of rotatable bonds is 2. The highest BCUT2D eigenvalue weighted by atomic mass is 32.1. The minimum atomic E-state index is -4.21. The van der Waals surface area contributed by atoms with Gasteiger partial charge in [-0.15, -0.1) is 0 Å². The molecule has 0 saturated carbocycles. The van der Waals surface area contributed by atoms with E-state index < -0.39 is 11.7 Å². The average Bonchev–Trinajstić information content (AvgIpc) is 3.24. The summed E-state index contributed by atoms with van der Waals surface area (Å²) in [6.45, 7) is 0.590. The first kappa shape index (κ1) is 19.8. The first-order valence-electron chi connectivity index (χ1n) is 8.36. The molecule has 1 aromatic carbocycles. The molecule has 1 amide bonds. The molecule has 0 bridgehead atoms. The Morgan fingerprint density at radius 2 is 1.89 bits per heavy atom. The number of amides is 1. The first-order valence-corrected chi connectivity index (χ1v) is 9.14. The molecular weight excluding hydrogens is 391 g/mol. The second kappa shape index (κ2) is 8.83. The molecule has 1 aliphatic heterocycles. The number of halogens is 3. The van der Waals surface area contributed by atoms with Crippen molar-refractivity contribution in [3.8, 4) is 5.75 Å². The van der Waals surface area contributed by atoms with Gasteiger partial charge in [0.15, 0.2) is 0 Å². The highest BCUT2D eigenvalue weighted by Crippen LogP contribution is 2.30. The van der Waals surface area contributed by atoms with Gasteiger partial charge < -0.3 is 10.1 Å². The molecule has 1 aliphatic rings. The third-order valence-corrected chi connectivity index (χ3v) is 4.61. The van der Waals surface area contributed by atoms with Crippen LogP contribution in [0.2, 0.25) is 0 Å². The van der Waals surface area contributed by atoms with Crippen LogP contribution < -0.4 is 10.1 Å². The molecule has 9 heteroatoms. The van der Waals surface area contributed by atoms with Crippen LogP contribution in [0.25, 0.3) is 0 Å². The fourth-order valence-corrected chi connectivity index (χ4v) is 3.04.